The highest BCUT2D eigenvalue weighted by Gasteiger charge is 2.42. The van der Waals surface area contributed by atoms with Crippen molar-refractivity contribution in [2.45, 2.75) is 31.6 Å². The maximum absolute atomic E-state index is 13.3. The summed E-state index contributed by atoms with van der Waals surface area (Å²) >= 11 is 0. The van der Waals surface area contributed by atoms with Gasteiger partial charge in [-0.15, -0.1) is 0 Å². The molecule has 1 fully saturated rings. The molecule has 1 saturated heterocycles. The summed E-state index contributed by atoms with van der Waals surface area (Å²) in [5.74, 6) is -1.06. The number of ether oxygens (including phenoxy) is 2. The Morgan fingerprint density at radius 2 is 2.10 bits per heavy atom. The molecule has 1 heterocycles. The van der Waals surface area contributed by atoms with Gasteiger partial charge in [0.2, 0.25) is 0 Å². The first-order valence-corrected chi connectivity index (χ1v) is 6.85. The lowest BCUT2D eigenvalue weighted by atomic mass is 9.88. The SMILES string of the molecule is COC1(OC)CCN(C(N)=O)C(c2ccc(F)cc2C)C1. The average molecular weight is 296 g/mol. The van der Waals surface area contributed by atoms with Crippen LogP contribution in [0, 0.1) is 12.7 Å². The summed E-state index contributed by atoms with van der Waals surface area (Å²) in [4.78, 5) is 13.3. The zero-order valence-electron chi connectivity index (χ0n) is 12.6. The van der Waals surface area contributed by atoms with Gasteiger partial charge in [-0.3, -0.25) is 0 Å². The Morgan fingerprint density at radius 3 is 2.62 bits per heavy atom. The predicted molar refractivity (Wildman–Crippen MR) is 76.2 cm³/mol. The van der Waals surface area contributed by atoms with Gasteiger partial charge >= 0.3 is 6.03 Å². The van der Waals surface area contributed by atoms with Crippen LogP contribution >= 0.6 is 0 Å². The number of methoxy groups -OCH3 is 2. The number of nitrogens with zero attached hydrogens (tertiary/aromatic N) is 1. The topological polar surface area (TPSA) is 64.8 Å². The van der Waals surface area contributed by atoms with Crippen molar-refractivity contribution in [2.24, 2.45) is 5.73 Å². The van der Waals surface area contributed by atoms with Crippen molar-refractivity contribution in [2.75, 3.05) is 20.8 Å². The van der Waals surface area contributed by atoms with E-state index in [9.17, 15) is 9.18 Å². The Bertz CT molecular complexity index is 532. The van der Waals surface area contributed by atoms with Crippen molar-refractivity contribution in [3.05, 3.63) is 35.1 Å². The lowest BCUT2D eigenvalue weighted by molar-refractivity contribution is -0.235. The van der Waals surface area contributed by atoms with Gasteiger partial charge in [-0.2, -0.15) is 0 Å². The molecule has 0 aliphatic carbocycles. The monoisotopic (exact) mass is 296 g/mol. The number of piperidine rings is 1. The third-order valence-corrected chi connectivity index (χ3v) is 4.23. The van der Waals surface area contributed by atoms with Gasteiger partial charge in [0.05, 0.1) is 6.04 Å². The fourth-order valence-corrected chi connectivity index (χ4v) is 2.96. The third-order valence-electron chi connectivity index (χ3n) is 4.23. The van der Waals surface area contributed by atoms with Crippen LogP contribution in [0.5, 0.6) is 0 Å². The standard InChI is InChI=1S/C15H21FN2O3/c1-10-8-11(16)4-5-12(10)13-9-15(20-2,21-3)6-7-18(13)14(17)19/h4-5,8,13H,6-7,9H2,1-3H3,(H2,17,19). The number of rotatable bonds is 3. The Kier molecular flexibility index (Phi) is 4.49. The second-order valence-corrected chi connectivity index (χ2v) is 5.32. The number of halogens is 1. The van der Waals surface area contributed by atoms with E-state index in [0.29, 0.717) is 19.4 Å². The van der Waals surface area contributed by atoms with Gasteiger partial charge in [0.25, 0.3) is 0 Å². The molecule has 116 valence electrons. The molecule has 0 radical (unpaired) electrons. The normalized spacial score (nSPS) is 21.3. The Balaban J connectivity index is 2.40. The highest BCUT2D eigenvalue weighted by molar-refractivity contribution is 5.73. The second-order valence-electron chi connectivity index (χ2n) is 5.32. The van der Waals surface area contributed by atoms with Crippen LogP contribution < -0.4 is 5.73 Å². The molecule has 1 aliphatic heterocycles. The summed E-state index contributed by atoms with van der Waals surface area (Å²) in [6.07, 6.45) is 0.995. The fourth-order valence-electron chi connectivity index (χ4n) is 2.96. The number of benzene rings is 1. The first-order chi connectivity index (χ1) is 9.92. The van der Waals surface area contributed by atoms with E-state index in [2.05, 4.69) is 0 Å². The van der Waals surface area contributed by atoms with Crippen LogP contribution in [0.4, 0.5) is 9.18 Å². The summed E-state index contributed by atoms with van der Waals surface area (Å²) in [6.45, 7) is 2.24. The van der Waals surface area contributed by atoms with E-state index in [0.717, 1.165) is 11.1 Å². The average Bonchev–Trinajstić information content (AvgIpc) is 2.46. The van der Waals surface area contributed by atoms with Crippen molar-refractivity contribution in [3.8, 4) is 0 Å². The summed E-state index contributed by atoms with van der Waals surface area (Å²) in [6, 6.07) is 3.73. The smallest absolute Gasteiger partial charge is 0.315 e. The fraction of sp³-hybridized carbons (Fsp3) is 0.533. The maximum atomic E-state index is 13.3. The molecule has 6 heteroatoms. The van der Waals surface area contributed by atoms with Crippen molar-refractivity contribution in [3.63, 3.8) is 0 Å². The summed E-state index contributed by atoms with van der Waals surface area (Å²) in [5.41, 5.74) is 7.11. The van der Waals surface area contributed by atoms with Crippen molar-refractivity contribution in [1.29, 1.82) is 0 Å². The molecule has 0 saturated carbocycles. The minimum Gasteiger partial charge on any atom is -0.353 e. The van der Waals surface area contributed by atoms with Crippen molar-refractivity contribution >= 4 is 6.03 Å². The van der Waals surface area contributed by atoms with Gasteiger partial charge in [0, 0.05) is 33.6 Å². The predicted octanol–water partition coefficient (Wildman–Crippen LogP) is 2.34. The number of carbonyl (C=O) groups excluding carboxylic acids is 1. The number of hydrogen-bond acceptors (Lipinski definition) is 3. The van der Waals surface area contributed by atoms with E-state index in [1.807, 2.05) is 6.92 Å². The molecule has 1 unspecified atom stereocenters. The molecule has 1 aliphatic rings. The third kappa shape index (κ3) is 3.01. The molecular formula is C15H21FN2O3. The van der Waals surface area contributed by atoms with Crippen LogP contribution in [0.2, 0.25) is 0 Å². The van der Waals surface area contributed by atoms with Crippen LogP contribution in [-0.4, -0.2) is 37.5 Å². The summed E-state index contributed by atoms with van der Waals surface area (Å²) in [5, 5.41) is 0. The van der Waals surface area contributed by atoms with Crippen LogP contribution in [0.3, 0.4) is 0 Å². The number of primary amides is 1. The van der Waals surface area contributed by atoms with Gasteiger partial charge in [-0.25, -0.2) is 9.18 Å². The first kappa shape index (κ1) is 15.7. The Hall–Kier alpha value is -1.66. The molecule has 1 aromatic carbocycles. The van der Waals surface area contributed by atoms with E-state index < -0.39 is 11.8 Å². The number of aryl methyl sites for hydroxylation is 1. The highest BCUT2D eigenvalue weighted by atomic mass is 19.1. The Labute approximate surface area is 123 Å². The van der Waals surface area contributed by atoms with Crippen LogP contribution in [0.15, 0.2) is 18.2 Å². The zero-order chi connectivity index (χ0) is 15.6. The first-order valence-electron chi connectivity index (χ1n) is 6.85. The number of likely N-dealkylation sites (tertiary alicyclic amines) is 1. The van der Waals surface area contributed by atoms with Gasteiger partial charge < -0.3 is 20.1 Å². The van der Waals surface area contributed by atoms with Crippen LogP contribution in [0.1, 0.15) is 30.0 Å². The van der Waals surface area contributed by atoms with E-state index in [-0.39, 0.29) is 11.9 Å². The second kappa shape index (κ2) is 5.99. The zero-order valence-corrected chi connectivity index (χ0v) is 12.6. The van der Waals surface area contributed by atoms with Crippen molar-refractivity contribution < 1.29 is 18.7 Å². The molecule has 0 spiro atoms. The summed E-state index contributed by atoms with van der Waals surface area (Å²) in [7, 11) is 3.16. The van der Waals surface area contributed by atoms with Crippen molar-refractivity contribution in [1.82, 2.24) is 4.90 Å². The molecule has 2 rings (SSSR count). The largest absolute Gasteiger partial charge is 0.353 e. The molecule has 5 nitrogen and oxygen atoms in total. The molecule has 2 N–H and O–H groups in total. The maximum Gasteiger partial charge on any atom is 0.315 e. The van der Waals surface area contributed by atoms with Gasteiger partial charge in [-0.1, -0.05) is 6.07 Å². The van der Waals surface area contributed by atoms with Gasteiger partial charge in [0.1, 0.15) is 5.82 Å². The lowest BCUT2D eigenvalue weighted by Crippen LogP contribution is -2.51. The number of carbonyl (C=O) groups is 1. The molecule has 2 amide bonds. The molecule has 0 bridgehead atoms. The molecule has 0 aromatic heterocycles. The minimum absolute atomic E-state index is 0.295. The van der Waals surface area contributed by atoms with E-state index in [1.165, 1.54) is 12.1 Å². The minimum atomic E-state index is -0.753. The molecular weight excluding hydrogens is 275 g/mol. The summed E-state index contributed by atoms with van der Waals surface area (Å²) < 4.78 is 24.3. The quantitative estimate of drug-likeness (QED) is 0.871. The van der Waals surface area contributed by atoms with E-state index >= 15 is 0 Å². The van der Waals surface area contributed by atoms with Crippen LogP contribution in [-0.2, 0) is 9.47 Å². The number of amides is 2. The van der Waals surface area contributed by atoms with E-state index in [1.54, 1.807) is 25.2 Å². The lowest BCUT2D eigenvalue weighted by Gasteiger charge is -2.44. The molecule has 1 atom stereocenters. The number of hydrogen-bond donors (Lipinski definition) is 1. The van der Waals surface area contributed by atoms with Crippen LogP contribution in [0.25, 0.3) is 0 Å². The highest BCUT2D eigenvalue weighted by Crippen LogP contribution is 2.39. The molecule has 1 aromatic rings. The van der Waals surface area contributed by atoms with Gasteiger partial charge in [-0.05, 0) is 30.2 Å². The number of urea groups is 1. The molecule has 21 heavy (non-hydrogen) atoms. The van der Waals surface area contributed by atoms with E-state index in [4.69, 9.17) is 15.2 Å². The van der Waals surface area contributed by atoms with Gasteiger partial charge in [0.15, 0.2) is 5.79 Å². The number of nitrogens with two attached hydrogens (primary N) is 1. The Morgan fingerprint density at radius 1 is 1.43 bits per heavy atom.